The van der Waals surface area contributed by atoms with Crippen LogP contribution in [0.4, 0.5) is 0 Å². The van der Waals surface area contributed by atoms with Crippen LogP contribution in [-0.2, 0) is 12.8 Å². The van der Waals surface area contributed by atoms with E-state index < -0.39 is 0 Å². The number of ether oxygens (including phenoxy) is 1. The molecular weight excluding hydrogens is 200 g/mol. The normalized spacial score (nSPS) is 16.6. The van der Waals surface area contributed by atoms with Crippen LogP contribution in [0.5, 0.6) is 5.75 Å². The minimum Gasteiger partial charge on any atom is -0.491 e. The molecule has 0 heterocycles. The number of fused-ring (bicyclic) bond motifs is 1. The summed E-state index contributed by atoms with van der Waals surface area (Å²) in [7, 11) is 0. The first-order valence-electron chi connectivity index (χ1n) is 6.19. The number of rotatable bonds is 4. The van der Waals surface area contributed by atoms with E-state index in [1.165, 1.54) is 36.8 Å². The SMILES string of the molecule is CC(CCO)Oc1ccc2c(c1)CCCC2. The first kappa shape index (κ1) is 11.5. The molecule has 0 amide bonds. The highest BCUT2D eigenvalue weighted by Gasteiger charge is 2.11. The lowest BCUT2D eigenvalue weighted by molar-refractivity contribution is 0.168. The molecule has 2 heteroatoms. The number of benzene rings is 1. The summed E-state index contributed by atoms with van der Waals surface area (Å²) in [6.45, 7) is 2.18. The smallest absolute Gasteiger partial charge is 0.119 e. The van der Waals surface area contributed by atoms with Gasteiger partial charge < -0.3 is 9.84 Å². The predicted octanol–water partition coefficient (Wildman–Crippen LogP) is 2.72. The number of aliphatic hydroxyl groups is 1. The molecule has 16 heavy (non-hydrogen) atoms. The van der Waals surface area contributed by atoms with Crippen LogP contribution in [0.25, 0.3) is 0 Å². The summed E-state index contributed by atoms with van der Waals surface area (Å²) < 4.78 is 5.76. The molecule has 1 atom stereocenters. The summed E-state index contributed by atoms with van der Waals surface area (Å²) in [6, 6.07) is 6.41. The lowest BCUT2D eigenvalue weighted by atomic mass is 9.92. The average molecular weight is 220 g/mol. The molecule has 0 radical (unpaired) electrons. The second-order valence-electron chi connectivity index (χ2n) is 4.58. The molecule has 1 unspecified atom stereocenters. The maximum Gasteiger partial charge on any atom is 0.119 e. The fraction of sp³-hybridized carbons (Fsp3) is 0.571. The number of hydrogen-bond acceptors (Lipinski definition) is 2. The Balaban J connectivity index is 2.05. The molecule has 88 valence electrons. The van der Waals surface area contributed by atoms with Crippen molar-refractivity contribution in [3.8, 4) is 5.75 Å². The quantitative estimate of drug-likeness (QED) is 0.845. The Labute approximate surface area is 97.3 Å². The van der Waals surface area contributed by atoms with Crippen LogP contribution < -0.4 is 4.74 Å². The van der Waals surface area contributed by atoms with Gasteiger partial charge in [0.05, 0.1) is 6.10 Å². The highest BCUT2D eigenvalue weighted by atomic mass is 16.5. The summed E-state index contributed by atoms with van der Waals surface area (Å²) in [6.07, 6.45) is 5.78. The molecule has 0 saturated carbocycles. The summed E-state index contributed by atoms with van der Waals surface area (Å²) in [5, 5.41) is 8.83. The van der Waals surface area contributed by atoms with Crippen molar-refractivity contribution >= 4 is 0 Å². The van der Waals surface area contributed by atoms with Gasteiger partial charge in [0.1, 0.15) is 5.75 Å². The van der Waals surface area contributed by atoms with Crippen molar-refractivity contribution in [1.29, 1.82) is 0 Å². The average Bonchev–Trinajstić information content (AvgIpc) is 2.29. The molecule has 0 fully saturated rings. The van der Waals surface area contributed by atoms with Gasteiger partial charge >= 0.3 is 0 Å². The zero-order chi connectivity index (χ0) is 11.4. The van der Waals surface area contributed by atoms with Gasteiger partial charge in [-0.1, -0.05) is 6.07 Å². The van der Waals surface area contributed by atoms with E-state index in [0.29, 0.717) is 6.42 Å². The van der Waals surface area contributed by atoms with E-state index in [0.717, 1.165) is 5.75 Å². The van der Waals surface area contributed by atoms with E-state index in [1.54, 1.807) is 0 Å². The molecule has 0 spiro atoms. The lowest BCUT2D eigenvalue weighted by Crippen LogP contribution is -2.14. The minimum absolute atomic E-state index is 0.0895. The van der Waals surface area contributed by atoms with Gasteiger partial charge in [-0.15, -0.1) is 0 Å². The zero-order valence-electron chi connectivity index (χ0n) is 9.91. The van der Waals surface area contributed by atoms with Gasteiger partial charge in [-0.3, -0.25) is 0 Å². The Morgan fingerprint density at radius 1 is 1.25 bits per heavy atom. The molecule has 1 aromatic carbocycles. The maximum absolute atomic E-state index is 8.83. The molecule has 1 aliphatic carbocycles. The second-order valence-corrected chi connectivity index (χ2v) is 4.58. The van der Waals surface area contributed by atoms with E-state index >= 15 is 0 Å². The van der Waals surface area contributed by atoms with Crippen LogP contribution in [0.1, 0.15) is 37.3 Å². The van der Waals surface area contributed by atoms with Crippen molar-refractivity contribution in [3.05, 3.63) is 29.3 Å². The Hall–Kier alpha value is -1.02. The summed E-state index contributed by atoms with van der Waals surface area (Å²) in [5.74, 6) is 0.946. The molecule has 1 aromatic rings. The highest BCUT2D eigenvalue weighted by Crippen LogP contribution is 2.25. The van der Waals surface area contributed by atoms with Crippen LogP contribution in [0.2, 0.25) is 0 Å². The van der Waals surface area contributed by atoms with Gasteiger partial charge in [0, 0.05) is 13.0 Å². The van der Waals surface area contributed by atoms with E-state index in [2.05, 4.69) is 18.2 Å². The first-order valence-corrected chi connectivity index (χ1v) is 6.19. The van der Waals surface area contributed by atoms with Gasteiger partial charge in [-0.2, -0.15) is 0 Å². The van der Waals surface area contributed by atoms with Gasteiger partial charge in [-0.25, -0.2) is 0 Å². The van der Waals surface area contributed by atoms with Gasteiger partial charge in [0.2, 0.25) is 0 Å². The Morgan fingerprint density at radius 2 is 2.00 bits per heavy atom. The van der Waals surface area contributed by atoms with Crippen LogP contribution >= 0.6 is 0 Å². The summed E-state index contributed by atoms with van der Waals surface area (Å²) >= 11 is 0. The highest BCUT2D eigenvalue weighted by molar-refractivity contribution is 5.37. The Kier molecular flexibility index (Phi) is 3.83. The molecule has 2 rings (SSSR count). The molecule has 0 aromatic heterocycles. The van der Waals surface area contributed by atoms with Crippen LogP contribution in [0.3, 0.4) is 0 Å². The van der Waals surface area contributed by atoms with Crippen LogP contribution in [0, 0.1) is 0 Å². The molecule has 0 aliphatic heterocycles. The van der Waals surface area contributed by atoms with Gasteiger partial charge in [-0.05, 0) is 55.9 Å². The fourth-order valence-electron chi connectivity index (χ4n) is 2.26. The molecule has 1 N–H and O–H groups in total. The molecule has 0 saturated heterocycles. The van der Waals surface area contributed by atoms with Crippen molar-refractivity contribution in [2.45, 2.75) is 45.1 Å². The minimum atomic E-state index is 0.0895. The summed E-state index contributed by atoms with van der Waals surface area (Å²) in [4.78, 5) is 0. The van der Waals surface area contributed by atoms with E-state index in [-0.39, 0.29) is 12.7 Å². The lowest BCUT2D eigenvalue weighted by Gasteiger charge is -2.19. The topological polar surface area (TPSA) is 29.5 Å². The first-order chi connectivity index (χ1) is 7.79. The van der Waals surface area contributed by atoms with Crippen LogP contribution in [-0.4, -0.2) is 17.8 Å². The van der Waals surface area contributed by atoms with Gasteiger partial charge in [0.25, 0.3) is 0 Å². The van der Waals surface area contributed by atoms with E-state index in [9.17, 15) is 0 Å². The third-order valence-electron chi connectivity index (χ3n) is 3.19. The maximum atomic E-state index is 8.83. The Morgan fingerprint density at radius 3 is 2.75 bits per heavy atom. The standard InChI is InChI=1S/C14H20O2/c1-11(8-9-15)16-14-7-6-12-4-2-3-5-13(12)10-14/h6-7,10-11,15H,2-5,8-9H2,1H3. The molecular formula is C14H20O2. The van der Waals surface area contributed by atoms with Crippen molar-refractivity contribution in [3.63, 3.8) is 0 Å². The Bertz CT molecular complexity index is 347. The molecule has 1 aliphatic rings. The van der Waals surface area contributed by atoms with Crippen LogP contribution in [0.15, 0.2) is 18.2 Å². The van der Waals surface area contributed by atoms with Gasteiger partial charge in [0.15, 0.2) is 0 Å². The largest absolute Gasteiger partial charge is 0.491 e. The second kappa shape index (κ2) is 5.35. The number of aryl methyl sites for hydroxylation is 2. The third kappa shape index (κ3) is 2.76. The van der Waals surface area contributed by atoms with E-state index in [4.69, 9.17) is 9.84 Å². The number of hydrogen-bond donors (Lipinski definition) is 1. The van der Waals surface area contributed by atoms with E-state index in [1.807, 2.05) is 6.92 Å². The summed E-state index contributed by atoms with van der Waals surface area (Å²) in [5.41, 5.74) is 2.92. The molecule has 0 bridgehead atoms. The van der Waals surface area contributed by atoms with Crippen molar-refractivity contribution in [2.24, 2.45) is 0 Å². The third-order valence-corrected chi connectivity index (χ3v) is 3.19. The van der Waals surface area contributed by atoms with Crippen molar-refractivity contribution < 1.29 is 9.84 Å². The molecule has 2 nitrogen and oxygen atoms in total. The van der Waals surface area contributed by atoms with Crippen molar-refractivity contribution in [1.82, 2.24) is 0 Å². The number of aliphatic hydroxyl groups excluding tert-OH is 1. The monoisotopic (exact) mass is 220 g/mol. The van der Waals surface area contributed by atoms with Crippen molar-refractivity contribution in [2.75, 3.05) is 6.61 Å². The zero-order valence-corrected chi connectivity index (χ0v) is 9.91. The fourth-order valence-corrected chi connectivity index (χ4v) is 2.26. The predicted molar refractivity (Wildman–Crippen MR) is 64.9 cm³/mol.